The molecule has 2 amide bonds. The van der Waals surface area contributed by atoms with Gasteiger partial charge in [-0.1, -0.05) is 12.1 Å². The molecule has 0 saturated heterocycles. The van der Waals surface area contributed by atoms with E-state index in [1.54, 1.807) is 24.4 Å². The first-order chi connectivity index (χ1) is 12.2. The molecule has 140 valence electrons. The van der Waals surface area contributed by atoms with Crippen molar-refractivity contribution in [2.75, 3.05) is 11.9 Å². The Morgan fingerprint density at radius 1 is 1.31 bits per heavy atom. The first kappa shape index (κ1) is 19.8. The van der Waals surface area contributed by atoms with Crippen LogP contribution < -0.4 is 5.32 Å². The predicted molar refractivity (Wildman–Crippen MR) is 98.8 cm³/mol. The van der Waals surface area contributed by atoms with Gasteiger partial charge in [0.2, 0.25) is 0 Å². The summed E-state index contributed by atoms with van der Waals surface area (Å²) >= 11 is 1.27. The molecule has 0 bridgehead atoms. The van der Waals surface area contributed by atoms with Gasteiger partial charge in [-0.05, 0) is 39.8 Å². The molecule has 6 nitrogen and oxygen atoms in total. The van der Waals surface area contributed by atoms with Crippen molar-refractivity contribution in [1.29, 1.82) is 0 Å². The molecular weight excluding hydrogens is 357 g/mol. The highest BCUT2D eigenvalue weighted by molar-refractivity contribution is 7.09. The van der Waals surface area contributed by atoms with Gasteiger partial charge in [-0.2, -0.15) is 0 Å². The molecule has 0 radical (unpaired) electrons. The summed E-state index contributed by atoms with van der Waals surface area (Å²) in [6, 6.07) is 5.53. The second-order valence-electron chi connectivity index (χ2n) is 6.51. The van der Waals surface area contributed by atoms with Crippen molar-refractivity contribution in [1.82, 2.24) is 9.88 Å². The Morgan fingerprint density at radius 3 is 2.62 bits per heavy atom. The highest BCUT2D eigenvalue weighted by atomic mass is 32.1. The molecule has 0 unspecified atom stereocenters. The van der Waals surface area contributed by atoms with Gasteiger partial charge in [0.15, 0.2) is 5.69 Å². The van der Waals surface area contributed by atoms with E-state index in [-0.39, 0.29) is 24.5 Å². The van der Waals surface area contributed by atoms with Crippen LogP contribution >= 0.6 is 11.3 Å². The Balaban J connectivity index is 2.17. The normalized spacial score (nSPS) is 11.1. The van der Waals surface area contributed by atoms with Gasteiger partial charge in [0, 0.05) is 10.9 Å². The lowest BCUT2D eigenvalue weighted by molar-refractivity contribution is 0.0520. The number of esters is 1. The predicted octanol–water partition coefficient (Wildman–Crippen LogP) is 4.29. The molecule has 0 aliphatic rings. The van der Waals surface area contributed by atoms with E-state index in [2.05, 4.69) is 10.3 Å². The number of amides is 2. The Bertz CT molecular complexity index is 786. The second kappa shape index (κ2) is 8.27. The highest BCUT2D eigenvalue weighted by Crippen LogP contribution is 2.22. The van der Waals surface area contributed by atoms with Gasteiger partial charge < -0.3 is 15.0 Å². The standard InChI is InChI=1S/C18H22FN3O3S/c1-5-25-16(23)14-11-26-15(20-14)10-22(18(2,3)4)17(24)21-13-9-7-6-8-12(13)19/h6-9,11H,5,10H2,1-4H3,(H,21,24). The molecule has 1 aromatic heterocycles. The average Bonchev–Trinajstić information content (AvgIpc) is 3.03. The number of benzene rings is 1. The lowest BCUT2D eigenvalue weighted by atomic mass is 10.1. The van der Waals surface area contributed by atoms with E-state index in [0.29, 0.717) is 5.01 Å². The smallest absolute Gasteiger partial charge is 0.357 e. The summed E-state index contributed by atoms with van der Waals surface area (Å²) in [4.78, 5) is 30.2. The fourth-order valence-corrected chi connectivity index (χ4v) is 2.93. The lowest BCUT2D eigenvalue weighted by Gasteiger charge is -2.35. The van der Waals surface area contributed by atoms with E-state index in [0.717, 1.165) is 0 Å². The number of para-hydroxylation sites is 1. The number of anilines is 1. The minimum absolute atomic E-state index is 0.109. The van der Waals surface area contributed by atoms with E-state index in [4.69, 9.17) is 4.74 Å². The number of hydrogen-bond donors (Lipinski definition) is 1. The summed E-state index contributed by atoms with van der Waals surface area (Å²) in [7, 11) is 0. The molecule has 1 heterocycles. The number of halogens is 1. The number of thiazole rings is 1. The molecule has 1 aromatic carbocycles. The zero-order valence-electron chi connectivity index (χ0n) is 15.2. The molecule has 0 aliphatic heterocycles. The van der Waals surface area contributed by atoms with Crippen LogP contribution in [0.2, 0.25) is 0 Å². The van der Waals surface area contributed by atoms with Crippen LogP contribution in [-0.4, -0.2) is 34.0 Å². The molecule has 0 fully saturated rings. The molecule has 0 atom stereocenters. The highest BCUT2D eigenvalue weighted by Gasteiger charge is 2.28. The number of nitrogens with zero attached hydrogens (tertiary/aromatic N) is 2. The van der Waals surface area contributed by atoms with Gasteiger partial charge in [-0.25, -0.2) is 19.0 Å². The van der Waals surface area contributed by atoms with Crippen LogP contribution in [0, 0.1) is 5.82 Å². The maximum atomic E-state index is 13.8. The quantitative estimate of drug-likeness (QED) is 0.787. The molecule has 2 aromatic rings. The van der Waals surface area contributed by atoms with Gasteiger partial charge in [0.25, 0.3) is 0 Å². The first-order valence-electron chi connectivity index (χ1n) is 8.17. The van der Waals surface area contributed by atoms with Crippen molar-refractivity contribution in [3.63, 3.8) is 0 Å². The maximum absolute atomic E-state index is 13.8. The van der Waals surface area contributed by atoms with Gasteiger partial charge in [0.1, 0.15) is 10.8 Å². The van der Waals surface area contributed by atoms with E-state index in [9.17, 15) is 14.0 Å². The van der Waals surface area contributed by atoms with Crippen LogP contribution in [0.15, 0.2) is 29.6 Å². The van der Waals surface area contributed by atoms with Crippen molar-refractivity contribution >= 4 is 29.0 Å². The Kier molecular flexibility index (Phi) is 6.31. The van der Waals surface area contributed by atoms with Crippen LogP contribution in [0.3, 0.4) is 0 Å². The van der Waals surface area contributed by atoms with Gasteiger partial charge >= 0.3 is 12.0 Å². The number of ether oxygens (including phenoxy) is 1. The molecule has 0 spiro atoms. The number of urea groups is 1. The van der Waals surface area contributed by atoms with Crippen LogP contribution in [0.5, 0.6) is 0 Å². The van der Waals surface area contributed by atoms with E-state index < -0.39 is 23.4 Å². The van der Waals surface area contributed by atoms with Crippen molar-refractivity contribution in [3.8, 4) is 0 Å². The molecule has 0 saturated carbocycles. The van der Waals surface area contributed by atoms with Crippen molar-refractivity contribution < 1.29 is 18.7 Å². The van der Waals surface area contributed by atoms with Crippen LogP contribution in [-0.2, 0) is 11.3 Å². The van der Waals surface area contributed by atoms with Crippen molar-refractivity contribution in [2.45, 2.75) is 39.8 Å². The summed E-state index contributed by atoms with van der Waals surface area (Å²) < 4.78 is 18.7. The number of aromatic nitrogens is 1. The zero-order valence-corrected chi connectivity index (χ0v) is 16.0. The summed E-state index contributed by atoms with van der Waals surface area (Å²) in [6.07, 6.45) is 0. The third-order valence-corrected chi connectivity index (χ3v) is 4.33. The topological polar surface area (TPSA) is 71.5 Å². The third kappa shape index (κ3) is 5.01. The maximum Gasteiger partial charge on any atom is 0.357 e. The Hall–Kier alpha value is -2.48. The summed E-state index contributed by atoms with van der Waals surface area (Å²) in [5.41, 5.74) is -0.209. The summed E-state index contributed by atoms with van der Waals surface area (Å²) in [5.74, 6) is -0.998. The number of nitrogens with one attached hydrogen (secondary N) is 1. The summed E-state index contributed by atoms with van der Waals surface area (Å²) in [5, 5.41) is 4.77. The minimum Gasteiger partial charge on any atom is -0.461 e. The van der Waals surface area contributed by atoms with E-state index in [1.807, 2.05) is 20.8 Å². The van der Waals surface area contributed by atoms with Gasteiger partial charge in [0.05, 0.1) is 18.8 Å². The largest absolute Gasteiger partial charge is 0.461 e. The average molecular weight is 379 g/mol. The van der Waals surface area contributed by atoms with Crippen molar-refractivity contribution in [3.05, 3.63) is 46.2 Å². The lowest BCUT2D eigenvalue weighted by Crippen LogP contribution is -2.47. The SMILES string of the molecule is CCOC(=O)c1csc(CN(C(=O)Nc2ccccc2F)C(C)(C)C)n1. The molecule has 2 rings (SSSR count). The number of hydrogen-bond acceptors (Lipinski definition) is 5. The molecule has 1 N–H and O–H groups in total. The Morgan fingerprint density at radius 2 is 2.00 bits per heavy atom. The molecular formula is C18H22FN3O3S. The fraction of sp³-hybridized carbons (Fsp3) is 0.389. The Labute approximate surface area is 156 Å². The summed E-state index contributed by atoms with van der Waals surface area (Å²) in [6.45, 7) is 7.79. The fourth-order valence-electron chi connectivity index (χ4n) is 2.18. The zero-order chi connectivity index (χ0) is 19.3. The number of carbonyl (C=O) groups is 2. The monoisotopic (exact) mass is 379 g/mol. The van der Waals surface area contributed by atoms with Gasteiger partial charge in [-0.3, -0.25) is 0 Å². The van der Waals surface area contributed by atoms with Crippen LogP contribution in [0.25, 0.3) is 0 Å². The third-order valence-electron chi connectivity index (χ3n) is 3.50. The van der Waals surface area contributed by atoms with Crippen LogP contribution in [0.4, 0.5) is 14.9 Å². The van der Waals surface area contributed by atoms with E-state index >= 15 is 0 Å². The first-order valence-corrected chi connectivity index (χ1v) is 9.05. The molecule has 26 heavy (non-hydrogen) atoms. The van der Waals surface area contributed by atoms with E-state index in [1.165, 1.54) is 28.4 Å². The number of carbonyl (C=O) groups excluding carboxylic acids is 2. The minimum atomic E-state index is -0.537. The van der Waals surface area contributed by atoms with Gasteiger partial charge in [-0.15, -0.1) is 11.3 Å². The van der Waals surface area contributed by atoms with Crippen molar-refractivity contribution in [2.24, 2.45) is 0 Å². The number of rotatable bonds is 5. The van der Waals surface area contributed by atoms with Crippen LogP contribution in [0.1, 0.15) is 43.2 Å². The second-order valence-corrected chi connectivity index (χ2v) is 7.46. The molecule has 8 heteroatoms. The molecule has 0 aliphatic carbocycles.